The van der Waals surface area contributed by atoms with Gasteiger partial charge in [-0.05, 0) is 49.2 Å². The number of hydrogen-bond acceptors (Lipinski definition) is 3. The smallest absolute Gasteiger partial charge is 0.264 e. The molecule has 3 rings (SSSR count). The second-order valence-electron chi connectivity index (χ2n) is 6.64. The lowest BCUT2D eigenvalue weighted by Crippen LogP contribution is -2.31. The molecule has 0 heterocycles. The van der Waals surface area contributed by atoms with Crippen LogP contribution in [0.1, 0.15) is 22.8 Å². The highest BCUT2D eigenvalue weighted by molar-refractivity contribution is 7.92. The van der Waals surface area contributed by atoms with Gasteiger partial charge in [0, 0.05) is 13.1 Å². The molecule has 0 aromatic heterocycles. The van der Waals surface area contributed by atoms with Gasteiger partial charge in [-0.15, -0.1) is 0 Å². The highest BCUT2D eigenvalue weighted by Gasteiger charge is 2.25. The van der Waals surface area contributed by atoms with Crippen molar-refractivity contribution in [2.45, 2.75) is 18.2 Å². The first-order chi connectivity index (χ1) is 14.4. The number of hydrogen-bond donors (Lipinski definition) is 1. The summed E-state index contributed by atoms with van der Waals surface area (Å²) in [5, 5.41) is 3.01. The zero-order chi connectivity index (χ0) is 21.6. The van der Waals surface area contributed by atoms with E-state index in [-0.39, 0.29) is 22.0 Å². The van der Waals surface area contributed by atoms with Crippen LogP contribution in [-0.2, 0) is 16.4 Å². The molecule has 30 heavy (non-hydrogen) atoms. The molecule has 3 aromatic carbocycles. The van der Waals surface area contributed by atoms with Crippen LogP contribution < -0.4 is 9.62 Å². The Morgan fingerprint density at radius 1 is 0.967 bits per heavy atom. The van der Waals surface area contributed by atoms with Gasteiger partial charge in [0.2, 0.25) is 0 Å². The summed E-state index contributed by atoms with van der Waals surface area (Å²) < 4.78 is 27.7. The second-order valence-corrected chi connectivity index (χ2v) is 8.91. The van der Waals surface area contributed by atoms with E-state index in [0.29, 0.717) is 18.7 Å². The van der Waals surface area contributed by atoms with Gasteiger partial charge in [0.05, 0.1) is 21.2 Å². The molecule has 0 fully saturated rings. The van der Waals surface area contributed by atoms with Crippen LogP contribution in [0.25, 0.3) is 0 Å². The topological polar surface area (TPSA) is 66.5 Å². The molecule has 0 aliphatic carbocycles. The molecule has 0 aliphatic heterocycles. The van der Waals surface area contributed by atoms with Crippen LogP contribution in [0.5, 0.6) is 0 Å². The predicted molar refractivity (Wildman–Crippen MR) is 121 cm³/mol. The Kier molecular flexibility index (Phi) is 7.13. The average molecular weight is 443 g/mol. The van der Waals surface area contributed by atoms with E-state index in [9.17, 15) is 13.2 Å². The van der Waals surface area contributed by atoms with Crippen molar-refractivity contribution < 1.29 is 13.2 Å². The van der Waals surface area contributed by atoms with Gasteiger partial charge in [0.15, 0.2) is 0 Å². The molecule has 0 saturated carbocycles. The number of para-hydroxylation sites is 1. The van der Waals surface area contributed by atoms with Gasteiger partial charge in [-0.3, -0.25) is 9.10 Å². The molecule has 0 atom stereocenters. The number of halogens is 1. The van der Waals surface area contributed by atoms with Crippen LogP contribution in [0, 0.1) is 0 Å². The van der Waals surface area contributed by atoms with Gasteiger partial charge in [-0.1, -0.05) is 60.1 Å². The number of benzene rings is 3. The third-order valence-electron chi connectivity index (χ3n) is 4.64. The zero-order valence-electron chi connectivity index (χ0n) is 16.6. The summed E-state index contributed by atoms with van der Waals surface area (Å²) in [5.74, 6) is -0.407. The number of rotatable bonds is 8. The predicted octanol–water partition coefficient (Wildman–Crippen LogP) is 4.53. The molecule has 7 heteroatoms. The first-order valence-electron chi connectivity index (χ1n) is 9.63. The minimum atomic E-state index is -3.85. The molecule has 5 nitrogen and oxygen atoms in total. The summed E-state index contributed by atoms with van der Waals surface area (Å²) in [4.78, 5) is 12.7. The lowest BCUT2D eigenvalue weighted by atomic mass is 10.1. The highest BCUT2D eigenvalue weighted by atomic mass is 35.5. The maximum Gasteiger partial charge on any atom is 0.264 e. The van der Waals surface area contributed by atoms with E-state index in [1.165, 1.54) is 22.5 Å². The van der Waals surface area contributed by atoms with Crippen LogP contribution in [-0.4, -0.2) is 27.4 Å². The first kappa shape index (κ1) is 21.9. The molecule has 0 saturated heterocycles. The van der Waals surface area contributed by atoms with Crippen molar-refractivity contribution in [3.63, 3.8) is 0 Å². The minimum Gasteiger partial charge on any atom is -0.352 e. The van der Waals surface area contributed by atoms with E-state index in [4.69, 9.17) is 11.6 Å². The number of carbonyl (C=O) groups is 1. The van der Waals surface area contributed by atoms with E-state index in [0.717, 1.165) is 5.56 Å². The SMILES string of the molecule is CCN(c1ccccc1)S(=O)(=O)c1ccc(Cl)c(C(=O)NCCc2ccccc2)c1. The molecule has 3 aromatic rings. The third kappa shape index (κ3) is 5.01. The van der Waals surface area contributed by atoms with Crippen LogP contribution in [0.15, 0.2) is 83.8 Å². The van der Waals surface area contributed by atoms with Crippen LogP contribution >= 0.6 is 11.6 Å². The van der Waals surface area contributed by atoms with Crippen molar-refractivity contribution in [3.05, 3.63) is 95.0 Å². The van der Waals surface area contributed by atoms with E-state index in [1.54, 1.807) is 31.2 Å². The van der Waals surface area contributed by atoms with Crippen molar-refractivity contribution >= 4 is 33.2 Å². The standard InChI is InChI=1S/C23H23ClN2O3S/c1-2-26(19-11-7-4-8-12-19)30(28,29)20-13-14-22(24)21(17-20)23(27)25-16-15-18-9-5-3-6-10-18/h3-14,17H,2,15-16H2,1H3,(H,25,27). The average Bonchev–Trinajstić information content (AvgIpc) is 2.75. The summed E-state index contributed by atoms with van der Waals surface area (Å²) >= 11 is 6.20. The number of nitrogens with one attached hydrogen (secondary N) is 1. The normalized spacial score (nSPS) is 11.1. The summed E-state index contributed by atoms with van der Waals surface area (Å²) in [5.41, 5.74) is 1.79. The van der Waals surface area contributed by atoms with E-state index < -0.39 is 15.9 Å². The second kappa shape index (κ2) is 9.78. The monoisotopic (exact) mass is 442 g/mol. The van der Waals surface area contributed by atoms with E-state index in [2.05, 4.69) is 5.32 Å². The lowest BCUT2D eigenvalue weighted by Gasteiger charge is -2.23. The Bertz CT molecular complexity index is 1100. The quantitative estimate of drug-likeness (QED) is 0.557. The van der Waals surface area contributed by atoms with Crippen molar-refractivity contribution in [3.8, 4) is 0 Å². The van der Waals surface area contributed by atoms with Gasteiger partial charge in [0.1, 0.15) is 0 Å². The molecule has 156 valence electrons. The fourth-order valence-electron chi connectivity index (χ4n) is 3.11. The number of anilines is 1. The molecule has 1 N–H and O–H groups in total. The summed E-state index contributed by atoms with van der Waals surface area (Å²) in [6, 6.07) is 22.8. The van der Waals surface area contributed by atoms with Crippen molar-refractivity contribution in [1.29, 1.82) is 0 Å². The van der Waals surface area contributed by atoms with Crippen LogP contribution in [0.2, 0.25) is 5.02 Å². The molecule has 1 amide bonds. The maximum atomic E-state index is 13.2. The van der Waals surface area contributed by atoms with E-state index >= 15 is 0 Å². The van der Waals surface area contributed by atoms with Gasteiger partial charge in [-0.2, -0.15) is 0 Å². The van der Waals surface area contributed by atoms with Gasteiger partial charge < -0.3 is 5.32 Å². The van der Waals surface area contributed by atoms with Gasteiger partial charge >= 0.3 is 0 Å². The molecule has 0 unspecified atom stereocenters. The molecular weight excluding hydrogens is 420 g/mol. The summed E-state index contributed by atoms with van der Waals surface area (Å²) in [6.07, 6.45) is 0.666. The Morgan fingerprint density at radius 3 is 2.23 bits per heavy atom. The summed E-state index contributed by atoms with van der Waals surface area (Å²) in [6.45, 7) is 2.44. The van der Waals surface area contributed by atoms with Gasteiger partial charge in [-0.25, -0.2) is 8.42 Å². The Labute approximate surface area is 182 Å². The maximum absolute atomic E-state index is 13.2. The minimum absolute atomic E-state index is 0.0193. The zero-order valence-corrected chi connectivity index (χ0v) is 18.2. The third-order valence-corrected chi connectivity index (χ3v) is 6.87. The number of sulfonamides is 1. The highest BCUT2D eigenvalue weighted by Crippen LogP contribution is 2.26. The lowest BCUT2D eigenvalue weighted by molar-refractivity contribution is 0.0954. The Hall–Kier alpha value is -2.83. The van der Waals surface area contributed by atoms with Crippen molar-refractivity contribution in [2.24, 2.45) is 0 Å². The number of amides is 1. The van der Waals surface area contributed by atoms with Crippen LogP contribution in [0.3, 0.4) is 0 Å². The largest absolute Gasteiger partial charge is 0.352 e. The number of carbonyl (C=O) groups excluding carboxylic acids is 1. The first-order valence-corrected chi connectivity index (χ1v) is 11.4. The van der Waals surface area contributed by atoms with Gasteiger partial charge in [0.25, 0.3) is 15.9 Å². The van der Waals surface area contributed by atoms with Crippen LogP contribution in [0.4, 0.5) is 5.69 Å². The Morgan fingerprint density at radius 2 is 1.60 bits per heavy atom. The number of nitrogens with zero attached hydrogens (tertiary/aromatic N) is 1. The molecule has 0 aliphatic rings. The fraction of sp³-hybridized carbons (Fsp3) is 0.174. The van der Waals surface area contributed by atoms with Crippen molar-refractivity contribution in [1.82, 2.24) is 5.32 Å². The molecular formula is C23H23ClN2O3S. The molecule has 0 radical (unpaired) electrons. The Balaban J connectivity index is 1.80. The molecule has 0 spiro atoms. The molecule has 0 bridgehead atoms. The van der Waals surface area contributed by atoms with Crippen molar-refractivity contribution in [2.75, 3.05) is 17.4 Å². The fourth-order valence-corrected chi connectivity index (χ4v) is 4.82. The van der Waals surface area contributed by atoms with E-state index in [1.807, 2.05) is 36.4 Å². The summed E-state index contributed by atoms with van der Waals surface area (Å²) in [7, 11) is -3.85.